The molecule has 0 aliphatic heterocycles. The Morgan fingerprint density at radius 1 is 1.47 bits per heavy atom. The maximum atomic E-state index is 8.45. The van der Waals surface area contributed by atoms with Crippen LogP contribution in [0.15, 0.2) is 4.99 Å². The van der Waals surface area contributed by atoms with Crippen LogP contribution in [-0.4, -0.2) is 44.0 Å². The molecule has 0 spiro atoms. The molecule has 0 unspecified atom stereocenters. The smallest absolute Gasteiger partial charge is 0.188 e. The van der Waals surface area contributed by atoms with E-state index < -0.39 is 0 Å². The number of ether oxygens (including phenoxy) is 1. The second kappa shape index (κ2) is 9.73. The molecule has 5 heteroatoms. The fourth-order valence-corrected chi connectivity index (χ4v) is 0.894. The fraction of sp³-hybridized carbons (Fsp3) is 0.900. The summed E-state index contributed by atoms with van der Waals surface area (Å²) in [6.07, 6.45) is 0.859. The van der Waals surface area contributed by atoms with Crippen molar-refractivity contribution in [3.05, 3.63) is 0 Å². The van der Waals surface area contributed by atoms with Crippen LogP contribution in [0.2, 0.25) is 0 Å². The van der Waals surface area contributed by atoms with Gasteiger partial charge in [0.2, 0.25) is 0 Å². The number of nitrogens with two attached hydrogens (primary N) is 1. The molecule has 0 bridgehead atoms. The number of aliphatic imine (C=N–C) groups is 1. The van der Waals surface area contributed by atoms with Crippen LogP contribution < -0.4 is 11.1 Å². The molecule has 0 atom stereocenters. The lowest BCUT2D eigenvalue weighted by atomic mass is 10.2. The van der Waals surface area contributed by atoms with E-state index >= 15 is 0 Å². The number of aliphatic hydroxyl groups is 1. The Morgan fingerprint density at radius 3 is 2.80 bits per heavy atom. The van der Waals surface area contributed by atoms with Gasteiger partial charge in [-0.1, -0.05) is 13.8 Å². The third-order valence-electron chi connectivity index (χ3n) is 1.63. The van der Waals surface area contributed by atoms with Crippen molar-refractivity contribution in [3.8, 4) is 0 Å². The molecule has 5 nitrogen and oxygen atoms in total. The number of guanidine groups is 1. The van der Waals surface area contributed by atoms with Crippen molar-refractivity contribution in [2.75, 3.05) is 32.9 Å². The zero-order chi connectivity index (χ0) is 11.5. The van der Waals surface area contributed by atoms with Gasteiger partial charge in [0.15, 0.2) is 5.96 Å². The summed E-state index contributed by atoms with van der Waals surface area (Å²) in [6, 6.07) is 0. The van der Waals surface area contributed by atoms with Gasteiger partial charge in [0.25, 0.3) is 0 Å². The Labute approximate surface area is 91.7 Å². The van der Waals surface area contributed by atoms with E-state index in [4.69, 9.17) is 15.6 Å². The van der Waals surface area contributed by atoms with E-state index in [1.165, 1.54) is 0 Å². The van der Waals surface area contributed by atoms with Crippen LogP contribution in [0, 0.1) is 5.92 Å². The maximum Gasteiger partial charge on any atom is 0.188 e. The number of nitrogens with one attached hydrogen (secondary N) is 1. The van der Waals surface area contributed by atoms with E-state index in [-0.39, 0.29) is 6.61 Å². The first-order valence-corrected chi connectivity index (χ1v) is 5.39. The topological polar surface area (TPSA) is 79.9 Å². The van der Waals surface area contributed by atoms with Gasteiger partial charge in [-0.2, -0.15) is 0 Å². The molecule has 0 saturated carbocycles. The lowest BCUT2D eigenvalue weighted by Crippen LogP contribution is -2.33. The minimum Gasteiger partial charge on any atom is -0.394 e. The zero-order valence-electron chi connectivity index (χ0n) is 9.70. The Bertz CT molecular complexity index is 172. The molecule has 4 N–H and O–H groups in total. The first-order valence-electron chi connectivity index (χ1n) is 5.39. The second-order valence-electron chi connectivity index (χ2n) is 3.74. The molecule has 0 aromatic heterocycles. The highest BCUT2D eigenvalue weighted by atomic mass is 16.5. The van der Waals surface area contributed by atoms with Crippen LogP contribution in [0.4, 0.5) is 0 Å². The van der Waals surface area contributed by atoms with Gasteiger partial charge in [-0.25, -0.2) is 0 Å². The fourth-order valence-electron chi connectivity index (χ4n) is 0.894. The van der Waals surface area contributed by atoms with E-state index in [0.29, 0.717) is 25.1 Å². The Kier molecular flexibility index (Phi) is 9.21. The highest BCUT2D eigenvalue weighted by Crippen LogP contribution is 1.90. The van der Waals surface area contributed by atoms with Gasteiger partial charge < -0.3 is 20.9 Å². The van der Waals surface area contributed by atoms with Crippen molar-refractivity contribution in [3.63, 3.8) is 0 Å². The third kappa shape index (κ3) is 11.1. The quantitative estimate of drug-likeness (QED) is 0.302. The molecule has 0 fully saturated rings. The molecule has 0 heterocycles. The molecule has 0 aromatic rings. The molecule has 15 heavy (non-hydrogen) atoms. The van der Waals surface area contributed by atoms with E-state index in [1.54, 1.807) is 0 Å². The Balaban J connectivity index is 3.30. The maximum absolute atomic E-state index is 8.45. The normalized spacial score (nSPS) is 12.1. The highest BCUT2D eigenvalue weighted by Gasteiger charge is 1.94. The van der Waals surface area contributed by atoms with Gasteiger partial charge in [-0.15, -0.1) is 0 Å². The molecule has 0 saturated heterocycles. The summed E-state index contributed by atoms with van der Waals surface area (Å²) < 4.78 is 5.09. The average molecular weight is 217 g/mol. The number of hydrogen-bond acceptors (Lipinski definition) is 3. The summed E-state index contributed by atoms with van der Waals surface area (Å²) in [4.78, 5) is 4.16. The van der Waals surface area contributed by atoms with Gasteiger partial charge in [-0.3, -0.25) is 4.99 Å². The molecule has 0 radical (unpaired) electrons. The van der Waals surface area contributed by atoms with E-state index in [0.717, 1.165) is 19.5 Å². The molecular formula is C10H23N3O2. The van der Waals surface area contributed by atoms with Gasteiger partial charge in [0.1, 0.15) is 0 Å². The van der Waals surface area contributed by atoms with Crippen LogP contribution in [0.1, 0.15) is 20.3 Å². The molecule has 0 rings (SSSR count). The first-order chi connectivity index (χ1) is 7.16. The predicted molar refractivity (Wildman–Crippen MR) is 61.9 cm³/mol. The Hall–Kier alpha value is -0.810. The van der Waals surface area contributed by atoms with Crippen LogP contribution in [0.5, 0.6) is 0 Å². The van der Waals surface area contributed by atoms with Gasteiger partial charge in [0, 0.05) is 19.7 Å². The monoisotopic (exact) mass is 217 g/mol. The SMILES string of the molecule is CC(C)CN=C(N)NCCCOCCO. The minimum absolute atomic E-state index is 0.0748. The van der Waals surface area contributed by atoms with Gasteiger partial charge in [0.05, 0.1) is 13.2 Å². The van der Waals surface area contributed by atoms with Crippen molar-refractivity contribution in [2.24, 2.45) is 16.6 Å². The van der Waals surface area contributed by atoms with Crippen molar-refractivity contribution in [2.45, 2.75) is 20.3 Å². The number of nitrogens with zero attached hydrogens (tertiary/aromatic N) is 1. The first kappa shape index (κ1) is 14.2. The largest absolute Gasteiger partial charge is 0.394 e. The molecule has 0 aromatic carbocycles. The average Bonchev–Trinajstić information content (AvgIpc) is 2.20. The van der Waals surface area contributed by atoms with Crippen LogP contribution in [-0.2, 0) is 4.74 Å². The number of hydrogen-bond donors (Lipinski definition) is 3. The lowest BCUT2D eigenvalue weighted by molar-refractivity contribution is 0.0912. The zero-order valence-corrected chi connectivity index (χ0v) is 9.70. The number of aliphatic hydroxyl groups excluding tert-OH is 1. The van der Waals surface area contributed by atoms with Crippen molar-refractivity contribution in [1.82, 2.24) is 5.32 Å². The van der Waals surface area contributed by atoms with Crippen molar-refractivity contribution >= 4 is 5.96 Å². The summed E-state index contributed by atoms with van der Waals surface area (Å²) in [5.74, 6) is 1.02. The summed E-state index contributed by atoms with van der Waals surface area (Å²) in [6.45, 7) is 6.80. The lowest BCUT2D eigenvalue weighted by Gasteiger charge is -2.06. The summed E-state index contributed by atoms with van der Waals surface area (Å²) in [7, 11) is 0. The molecule has 0 aliphatic carbocycles. The van der Waals surface area contributed by atoms with Crippen LogP contribution in [0.25, 0.3) is 0 Å². The predicted octanol–water partition coefficient (Wildman–Crippen LogP) is -0.0543. The summed E-state index contributed by atoms with van der Waals surface area (Å²) in [5, 5.41) is 11.5. The molecular weight excluding hydrogens is 194 g/mol. The Morgan fingerprint density at radius 2 is 2.20 bits per heavy atom. The number of rotatable bonds is 8. The van der Waals surface area contributed by atoms with Gasteiger partial charge in [-0.05, 0) is 12.3 Å². The van der Waals surface area contributed by atoms with E-state index in [1.807, 2.05) is 0 Å². The molecule has 90 valence electrons. The van der Waals surface area contributed by atoms with E-state index in [9.17, 15) is 0 Å². The summed E-state index contributed by atoms with van der Waals surface area (Å²) in [5.41, 5.74) is 5.62. The third-order valence-corrected chi connectivity index (χ3v) is 1.63. The standard InChI is InChI=1S/C10H23N3O2/c1-9(2)8-13-10(11)12-4-3-6-15-7-5-14/h9,14H,3-8H2,1-2H3,(H3,11,12,13). The van der Waals surface area contributed by atoms with Crippen molar-refractivity contribution in [1.29, 1.82) is 0 Å². The van der Waals surface area contributed by atoms with E-state index in [2.05, 4.69) is 24.2 Å². The minimum atomic E-state index is 0.0748. The van der Waals surface area contributed by atoms with Gasteiger partial charge >= 0.3 is 0 Å². The molecule has 0 aliphatic rings. The molecule has 0 amide bonds. The van der Waals surface area contributed by atoms with Crippen LogP contribution >= 0.6 is 0 Å². The summed E-state index contributed by atoms with van der Waals surface area (Å²) >= 11 is 0. The second-order valence-corrected chi connectivity index (χ2v) is 3.74. The highest BCUT2D eigenvalue weighted by molar-refractivity contribution is 5.77. The van der Waals surface area contributed by atoms with Crippen molar-refractivity contribution < 1.29 is 9.84 Å². The van der Waals surface area contributed by atoms with Crippen LogP contribution in [0.3, 0.4) is 0 Å².